The number of amides is 1. The lowest BCUT2D eigenvalue weighted by atomic mass is 9.86. The number of nitrogens with one attached hydrogen (secondary N) is 1. The molecule has 1 amide bonds. The van der Waals surface area contributed by atoms with Crippen LogP contribution in [0.4, 0.5) is 0 Å². The van der Waals surface area contributed by atoms with E-state index in [9.17, 15) is 9.59 Å². The summed E-state index contributed by atoms with van der Waals surface area (Å²) in [6.45, 7) is 2.02. The average Bonchev–Trinajstić information content (AvgIpc) is 2.96. The van der Waals surface area contributed by atoms with E-state index < -0.39 is 12.0 Å². The molecule has 4 atom stereocenters. The number of aliphatic carboxylic acids is 1. The lowest BCUT2D eigenvalue weighted by Crippen LogP contribution is -2.41. The molecule has 0 aliphatic heterocycles. The highest BCUT2D eigenvalue weighted by Gasteiger charge is 2.40. The van der Waals surface area contributed by atoms with Gasteiger partial charge in [-0.15, -0.1) is 0 Å². The first-order valence-electron chi connectivity index (χ1n) is 7.62. The molecule has 2 saturated carbocycles. The Kier molecular flexibility index (Phi) is 4.83. The van der Waals surface area contributed by atoms with E-state index in [1.165, 1.54) is 25.7 Å². The molecule has 2 fully saturated rings. The molecule has 0 aromatic carbocycles. The molecular formula is C15H25NO3. The second kappa shape index (κ2) is 6.40. The number of carboxylic acids is 1. The second-order valence-corrected chi connectivity index (χ2v) is 6.24. The normalized spacial score (nSPS) is 30.3. The third-order valence-electron chi connectivity index (χ3n) is 4.81. The Morgan fingerprint density at radius 1 is 1.32 bits per heavy atom. The number of hydrogen-bond donors (Lipinski definition) is 2. The van der Waals surface area contributed by atoms with Crippen LogP contribution in [0.2, 0.25) is 0 Å². The predicted molar refractivity (Wildman–Crippen MR) is 72.6 cm³/mol. The van der Waals surface area contributed by atoms with Crippen LogP contribution in [0.3, 0.4) is 0 Å². The number of carboxylic acid groups (broad SMARTS) is 1. The number of unbranched alkanes of at least 4 members (excludes halogenated alkanes) is 1. The number of carbonyl (C=O) groups excluding carboxylic acids is 1. The van der Waals surface area contributed by atoms with E-state index >= 15 is 0 Å². The fourth-order valence-electron chi connectivity index (χ4n) is 3.78. The van der Waals surface area contributed by atoms with Crippen LogP contribution in [0.5, 0.6) is 0 Å². The molecule has 0 aromatic rings. The van der Waals surface area contributed by atoms with Crippen molar-refractivity contribution in [3.63, 3.8) is 0 Å². The Morgan fingerprint density at radius 2 is 2.11 bits per heavy atom. The first kappa shape index (κ1) is 14.4. The minimum absolute atomic E-state index is 0.0685. The summed E-state index contributed by atoms with van der Waals surface area (Å²) in [5, 5.41) is 11.8. The number of hydrogen-bond acceptors (Lipinski definition) is 2. The van der Waals surface area contributed by atoms with Gasteiger partial charge < -0.3 is 10.4 Å². The number of carbonyl (C=O) groups is 2. The lowest BCUT2D eigenvalue weighted by Gasteiger charge is -2.22. The van der Waals surface area contributed by atoms with Crippen LogP contribution in [-0.4, -0.2) is 23.0 Å². The molecule has 4 nitrogen and oxygen atoms in total. The van der Waals surface area contributed by atoms with Crippen molar-refractivity contribution >= 4 is 11.9 Å². The highest BCUT2D eigenvalue weighted by Crippen LogP contribution is 2.49. The highest BCUT2D eigenvalue weighted by atomic mass is 16.4. The zero-order valence-corrected chi connectivity index (χ0v) is 11.7. The molecule has 4 unspecified atom stereocenters. The highest BCUT2D eigenvalue weighted by molar-refractivity contribution is 5.83. The first-order chi connectivity index (χ1) is 9.10. The molecule has 2 aliphatic carbocycles. The molecular weight excluding hydrogens is 242 g/mol. The summed E-state index contributed by atoms with van der Waals surface area (Å²) in [6, 6.07) is -0.703. The van der Waals surface area contributed by atoms with Gasteiger partial charge in [0.05, 0.1) is 0 Å². The van der Waals surface area contributed by atoms with Gasteiger partial charge in [0.2, 0.25) is 5.91 Å². The number of rotatable bonds is 7. The van der Waals surface area contributed by atoms with E-state index in [4.69, 9.17) is 5.11 Å². The van der Waals surface area contributed by atoms with Crippen molar-refractivity contribution in [2.24, 2.45) is 17.8 Å². The zero-order valence-electron chi connectivity index (χ0n) is 11.7. The number of fused-ring (bicyclic) bond motifs is 2. The molecule has 2 N–H and O–H groups in total. The predicted octanol–water partition coefficient (Wildman–Crippen LogP) is 2.57. The minimum Gasteiger partial charge on any atom is -0.480 e. The zero-order chi connectivity index (χ0) is 13.8. The SMILES string of the molecule is CCCCC(NC(=O)CC1CC2CCC1C2)C(=O)O. The van der Waals surface area contributed by atoms with Gasteiger partial charge in [0.25, 0.3) is 0 Å². The van der Waals surface area contributed by atoms with Gasteiger partial charge in [-0.1, -0.05) is 26.2 Å². The standard InChI is InChI=1S/C15H25NO3/c1-2-3-4-13(15(18)19)16-14(17)9-12-8-10-5-6-11(12)7-10/h10-13H,2-9H2,1H3,(H,16,17)(H,18,19). The quantitative estimate of drug-likeness (QED) is 0.745. The third-order valence-corrected chi connectivity index (χ3v) is 4.81. The van der Waals surface area contributed by atoms with Crippen LogP contribution in [-0.2, 0) is 9.59 Å². The molecule has 2 aliphatic rings. The van der Waals surface area contributed by atoms with E-state index in [1.807, 2.05) is 6.92 Å². The van der Waals surface area contributed by atoms with Crippen LogP contribution in [0.15, 0.2) is 0 Å². The van der Waals surface area contributed by atoms with Gasteiger partial charge in [0.1, 0.15) is 6.04 Å². The lowest BCUT2D eigenvalue weighted by molar-refractivity contribution is -0.142. The maximum absolute atomic E-state index is 12.0. The molecule has 0 aromatic heterocycles. The van der Waals surface area contributed by atoms with Crippen molar-refractivity contribution in [2.75, 3.05) is 0 Å². The second-order valence-electron chi connectivity index (χ2n) is 6.24. The van der Waals surface area contributed by atoms with Crippen LogP contribution < -0.4 is 5.32 Å². The Hall–Kier alpha value is -1.06. The molecule has 0 saturated heterocycles. The third kappa shape index (κ3) is 3.71. The largest absolute Gasteiger partial charge is 0.480 e. The van der Waals surface area contributed by atoms with Gasteiger partial charge >= 0.3 is 5.97 Å². The summed E-state index contributed by atoms with van der Waals surface area (Å²) in [5.41, 5.74) is 0. The van der Waals surface area contributed by atoms with Crippen LogP contribution in [0.25, 0.3) is 0 Å². The Balaban J connectivity index is 1.77. The summed E-state index contributed by atoms with van der Waals surface area (Å²) in [5.74, 6) is 1.07. The molecule has 19 heavy (non-hydrogen) atoms. The van der Waals surface area contributed by atoms with Gasteiger partial charge in [0, 0.05) is 6.42 Å². The minimum atomic E-state index is -0.908. The van der Waals surface area contributed by atoms with Gasteiger partial charge in [-0.3, -0.25) is 4.79 Å². The average molecular weight is 267 g/mol. The maximum atomic E-state index is 12.0. The van der Waals surface area contributed by atoms with E-state index in [0.29, 0.717) is 18.8 Å². The van der Waals surface area contributed by atoms with Crippen LogP contribution in [0, 0.1) is 17.8 Å². The van der Waals surface area contributed by atoms with Crippen molar-refractivity contribution in [1.29, 1.82) is 0 Å². The van der Waals surface area contributed by atoms with Crippen molar-refractivity contribution in [3.05, 3.63) is 0 Å². The Bertz CT molecular complexity index is 342. The molecule has 0 heterocycles. The molecule has 2 rings (SSSR count). The topological polar surface area (TPSA) is 66.4 Å². The molecule has 2 bridgehead atoms. The van der Waals surface area contributed by atoms with Crippen molar-refractivity contribution in [1.82, 2.24) is 5.32 Å². The van der Waals surface area contributed by atoms with E-state index in [-0.39, 0.29) is 5.91 Å². The summed E-state index contributed by atoms with van der Waals surface area (Å²) in [6.07, 6.45) is 7.90. The summed E-state index contributed by atoms with van der Waals surface area (Å²) < 4.78 is 0. The van der Waals surface area contributed by atoms with Gasteiger partial charge in [-0.25, -0.2) is 4.79 Å². The molecule has 0 spiro atoms. The van der Waals surface area contributed by atoms with Gasteiger partial charge in [0.15, 0.2) is 0 Å². The van der Waals surface area contributed by atoms with E-state index in [1.54, 1.807) is 0 Å². The molecule has 0 radical (unpaired) electrons. The van der Waals surface area contributed by atoms with Crippen LogP contribution in [0.1, 0.15) is 58.3 Å². The maximum Gasteiger partial charge on any atom is 0.326 e. The fourth-order valence-corrected chi connectivity index (χ4v) is 3.78. The molecule has 4 heteroatoms. The monoisotopic (exact) mass is 267 g/mol. The Morgan fingerprint density at radius 3 is 2.63 bits per heavy atom. The van der Waals surface area contributed by atoms with Crippen molar-refractivity contribution in [2.45, 2.75) is 64.3 Å². The summed E-state index contributed by atoms with van der Waals surface area (Å²) >= 11 is 0. The smallest absolute Gasteiger partial charge is 0.326 e. The van der Waals surface area contributed by atoms with Crippen molar-refractivity contribution < 1.29 is 14.7 Å². The summed E-state index contributed by atoms with van der Waals surface area (Å²) in [7, 11) is 0. The van der Waals surface area contributed by atoms with E-state index in [0.717, 1.165) is 24.7 Å². The molecule has 108 valence electrons. The van der Waals surface area contributed by atoms with Gasteiger partial charge in [-0.2, -0.15) is 0 Å². The summed E-state index contributed by atoms with van der Waals surface area (Å²) in [4.78, 5) is 23.1. The Labute approximate surface area is 115 Å². The van der Waals surface area contributed by atoms with Gasteiger partial charge in [-0.05, 0) is 43.4 Å². The first-order valence-corrected chi connectivity index (χ1v) is 7.62. The fraction of sp³-hybridized carbons (Fsp3) is 0.867. The van der Waals surface area contributed by atoms with Crippen LogP contribution >= 0.6 is 0 Å². The van der Waals surface area contributed by atoms with Crippen molar-refractivity contribution in [3.8, 4) is 0 Å². The van der Waals surface area contributed by atoms with E-state index in [2.05, 4.69) is 5.32 Å².